The molecule has 6 nitrogen and oxygen atoms in total. The van der Waals surface area contributed by atoms with Gasteiger partial charge in [-0.15, -0.1) is 0 Å². The molecule has 31 heavy (non-hydrogen) atoms. The fourth-order valence-corrected chi connectivity index (χ4v) is 4.35. The Balaban J connectivity index is 1.73. The van der Waals surface area contributed by atoms with Crippen LogP contribution in [-0.2, 0) is 4.79 Å². The second-order valence-electron chi connectivity index (χ2n) is 8.62. The molecule has 0 bridgehead atoms. The number of aliphatic imine (C=N–C) groups is 1. The summed E-state index contributed by atoms with van der Waals surface area (Å²) >= 11 is 0. The van der Waals surface area contributed by atoms with Crippen molar-refractivity contribution in [2.75, 3.05) is 13.1 Å². The molecule has 1 amide bonds. The zero-order chi connectivity index (χ0) is 22.2. The van der Waals surface area contributed by atoms with Crippen molar-refractivity contribution in [1.82, 2.24) is 21.3 Å². The highest BCUT2D eigenvalue weighted by Gasteiger charge is 2.25. The summed E-state index contributed by atoms with van der Waals surface area (Å²) in [7, 11) is 0. The summed E-state index contributed by atoms with van der Waals surface area (Å²) in [5.74, 6) is 2.94. The predicted molar refractivity (Wildman–Crippen MR) is 128 cm³/mol. The molecule has 1 fully saturated rings. The lowest BCUT2D eigenvalue weighted by molar-refractivity contribution is -0.118. The molecular weight excluding hydrogens is 386 g/mol. The predicted octanol–water partition coefficient (Wildman–Crippen LogP) is 3.99. The van der Waals surface area contributed by atoms with Gasteiger partial charge in [-0.3, -0.25) is 4.79 Å². The van der Waals surface area contributed by atoms with Crippen LogP contribution < -0.4 is 21.3 Å². The van der Waals surface area contributed by atoms with E-state index in [-0.39, 0.29) is 5.91 Å². The minimum Gasteiger partial charge on any atom is -0.350 e. The van der Waals surface area contributed by atoms with Crippen molar-refractivity contribution in [3.05, 3.63) is 58.9 Å². The Morgan fingerprint density at radius 3 is 2.71 bits per heavy atom. The highest BCUT2D eigenvalue weighted by atomic mass is 16.1. The van der Waals surface area contributed by atoms with E-state index in [1.54, 1.807) is 0 Å². The maximum atomic E-state index is 11.6. The molecule has 2 aliphatic heterocycles. The fourth-order valence-electron chi connectivity index (χ4n) is 4.35. The molecule has 0 aromatic carbocycles. The number of nitrogens with zero attached hydrogens (tertiary/aromatic N) is 1. The van der Waals surface area contributed by atoms with E-state index in [9.17, 15) is 4.79 Å². The van der Waals surface area contributed by atoms with Gasteiger partial charge < -0.3 is 21.3 Å². The number of nitrogens with one attached hydrogen (secondary N) is 4. The number of amides is 1. The van der Waals surface area contributed by atoms with Crippen LogP contribution in [0.5, 0.6) is 0 Å². The molecule has 3 aliphatic rings. The van der Waals surface area contributed by atoms with Gasteiger partial charge in [0.25, 0.3) is 0 Å². The van der Waals surface area contributed by atoms with E-state index in [0.29, 0.717) is 11.8 Å². The van der Waals surface area contributed by atoms with E-state index in [0.717, 1.165) is 61.0 Å². The minimum absolute atomic E-state index is 0.0680. The van der Waals surface area contributed by atoms with Gasteiger partial charge in [0.15, 0.2) is 0 Å². The lowest BCUT2D eigenvalue weighted by Gasteiger charge is -2.32. The van der Waals surface area contributed by atoms with Crippen molar-refractivity contribution in [3.63, 3.8) is 0 Å². The number of carbonyl (C=O) groups is 1. The molecule has 0 aromatic rings. The molecule has 1 atom stereocenters. The Bertz CT molecular complexity index is 853. The smallest absolute Gasteiger partial charge is 0.221 e. The van der Waals surface area contributed by atoms with Crippen molar-refractivity contribution in [2.24, 2.45) is 16.8 Å². The number of amidine groups is 1. The summed E-state index contributed by atoms with van der Waals surface area (Å²) in [5, 5.41) is 13.3. The molecule has 1 saturated heterocycles. The van der Waals surface area contributed by atoms with E-state index in [2.05, 4.69) is 59.5 Å². The van der Waals surface area contributed by atoms with Crippen molar-refractivity contribution in [2.45, 2.75) is 59.8 Å². The van der Waals surface area contributed by atoms with Gasteiger partial charge in [0.05, 0.1) is 0 Å². The largest absolute Gasteiger partial charge is 0.350 e. The summed E-state index contributed by atoms with van der Waals surface area (Å²) in [6, 6.07) is 0. The van der Waals surface area contributed by atoms with Gasteiger partial charge in [0, 0.05) is 30.9 Å². The molecule has 0 spiro atoms. The van der Waals surface area contributed by atoms with Gasteiger partial charge in [-0.05, 0) is 80.8 Å². The molecule has 4 N–H and O–H groups in total. The first-order valence-corrected chi connectivity index (χ1v) is 11.5. The Morgan fingerprint density at radius 2 is 2.03 bits per heavy atom. The lowest BCUT2D eigenvalue weighted by atomic mass is 9.81. The monoisotopic (exact) mass is 423 g/mol. The van der Waals surface area contributed by atoms with Crippen LogP contribution in [0.2, 0.25) is 0 Å². The number of hydrogen-bond acceptors (Lipinski definition) is 4. The Labute approximate surface area is 186 Å². The number of rotatable bonds is 6. The third-order valence-electron chi connectivity index (χ3n) is 6.01. The molecule has 1 aliphatic carbocycles. The molecule has 6 heteroatoms. The third-order valence-corrected chi connectivity index (χ3v) is 6.01. The first kappa shape index (κ1) is 23.1. The Morgan fingerprint density at radius 1 is 1.26 bits per heavy atom. The van der Waals surface area contributed by atoms with Gasteiger partial charge in [0.1, 0.15) is 11.7 Å². The lowest BCUT2D eigenvalue weighted by Crippen LogP contribution is -2.35. The van der Waals surface area contributed by atoms with E-state index in [1.807, 2.05) is 13.0 Å². The zero-order valence-electron chi connectivity index (χ0n) is 19.3. The highest BCUT2D eigenvalue weighted by Crippen LogP contribution is 2.31. The van der Waals surface area contributed by atoms with Gasteiger partial charge >= 0.3 is 0 Å². The molecule has 0 radical (unpaired) electrons. The van der Waals surface area contributed by atoms with Gasteiger partial charge in [-0.2, -0.15) is 0 Å². The van der Waals surface area contributed by atoms with Crippen LogP contribution in [0.25, 0.3) is 0 Å². The fraction of sp³-hybridized carbons (Fsp3) is 0.520. The molecule has 2 heterocycles. The van der Waals surface area contributed by atoms with Gasteiger partial charge in [-0.25, -0.2) is 4.99 Å². The SMILES string of the molecule is CC/C=C(\N=C1/CC(C)C(C2CCNCC2)=CN1)NC1=CCC=C(C)C(NC(C)=O)=C1. The molecular formula is C25H37N5O. The van der Waals surface area contributed by atoms with Gasteiger partial charge in [0.2, 0.25) is 5.91 Å². The quantitative estimate of drug-likeness (QED) is 0.521. The number of allylic oxidation sites excluding steroid dienone is 6. The van der Waals surface area contributed by atoms with E-state index in [1.165, 1.54) is 25.3 Å². The number of piperidine rings is 1. The summed E-state index contributed by atoms with van der Waals surface area (Å²) in [6.45, 7) is 10.2. The second-order valence-corrected chi connectivity index (χ2v) is 8.62. The standard InChI is InChI=1S/C25H37N5O/c1-5-7-24(29-21-9-6-8-17(2)23(15-21)28-19(4)31)30-25-14-18(3)22(16-27-25)20-10-12-26-13-11-20/h7-9,15-16,18,20,26,29H,5-6,10-14H2,1-4H3,(H,27,30)(H,28,31)/b24-7-. The topological polar surface area (TPSA) is 77.6 Å². The van der Waals surface area contributed by atoms with Crippen LogP contribution >= 0.6 is 0 Å². The molecule has 168 valence electrons. The zero-order valence-corrected chi connectivity index (χ0v) is 19.3. The van der Waals surface area contributed by atoms with E-state index in [4.69, 9.17) is 4.99 Å². The minimum atomic E-state index is -0.0680. The number of hydrogen-bond donors (Lipinski definition) is 4. The van der Waals surface area contributed by atoms with Crippen molar-refractivity contribution in [1.29, 1.82) is 0 Å². The van der Waals surface area contributed by atoms with E-state index >= 15 is 0 Å². The maximum absolute atomic E-state index is 11.6. The third kappa shape index (κ3) is 6.69. The van der Waals surface area contributed by atoms with Crippen LogP contribution in [-0.4, -0.2) is 24.8 Å². The first-order valence-electron chi connectivity index (χ1n) is 11.5. The normalized spacial score (nSPS) is 24.3. The molecule has 1 unspecified atom stereocenters. The Hall–Kier alpha value is -2.60. The van der Waals surface area contributed by atoms with Crippen molar-refractivity contribution < 1.29 is 4.79 Å². The summed E-state index contributed by atoms with van der Waals surface area (Å²) in [6.07, 6.45) is 15.6. The van der Waals surface area contributed by atoms with Gasteiger partial charge in [-0.1, -0.05) is 26.0 Å². The van der Waals surface area contributed by atoms with Crippen LogP contribution in [0.1, 0.15) is 59.8 Å². The summed E-state index contributed by atoms with van der Waals surface area (Å²) < 4.78 is 0. The van der Waals surface area contributed by atoms with Crippen LogP contribution in [0.15, 0.2) is 63.9 Å². The average Bonchev–Trinajstić information content (AvgIpc) is 2.89. The summed E-state index contributed by atoms with van der Waals surface area (Å²) in [4.78, 5) is 16.5. The average molecular weight is 424 g/mol. The second kappa shape index (κ2) is 11.1. The summed E-state index contributed by atoms with van der Waals surface area (Å²) in [5.41, 5.74) is 4.36. The van der Waals surface area contributed by atoms with Crippen molar-refractivity contribution >= 4 is 11.7 Å². The van der Waals surface area contributed by atoms with Crippen LogP contribution in [0, 0.1) is 11.8 Å². The maximum Gasteiger partial charge on any atom is 0.221 e. The van der Waals surface area contributed by atoms with E-state index < -0.39 is 0 Å². The van der Waals surface area contributed by atoms with Crippen LogP contribution in [0.4, 0.5) is 0 Å². The number of carbonyl (C=O) groups excluding carboxylic acids is 1. The van der Waals surface area contributed by atoms with Crippen LogP contribution in [0.3, 0.4) is 0 Å². The molecule has 0 aromatic heterocycles. The van der Waals surface area contributed by atoms with Crippen molar-refractivity contribution in [3.8, 4) is 0 Å². The Kier molecular flexibility index (Phi) is 8.29. The molecule has 3 rings (SSSR count). The molecule has 0 saturated carbocycles. The highest BCUT2D eigenvalue weighted by molar-refractivity contribution is 5.85. The first-order chi connectivity index (χ1) is 15.0.